The number of hydrogen-bond acceptors (Lipinski definition) is 4. The van der Waals surface area contributed by atoms with E-state index in [9.17, 15) is 9.59 Å². The Morgan fingerprint density at radius 1 is 1.00 bits per heavy atom. The number of ether oxygens (including phenoxy) is 2. The number of carbonyl (C=O) groups excluding carboxylic acids is 2. The first kappa shape index (κ1) is 19.4. The lowest BCUT2D eigenvalue weighted by molar-refractivity contribution is -0.144. The van der Waals surface area contributed by atoms with Gasteiger partial charge in [-0.25, -0.2) is 0 Å². The standard InChI is InChI=1S/C22H30N2O4/c1-2-17-3-5-18(6-4-17)20(25)24-15-19(21(26)23-9-13-28-14-10-23)22(16-24)7-11-27-12-8-22/h3-6,19H,2,7-16H2,1H3/t19-/m0/s1. The van der Waals surface area contributed by atoms with E-state index in [4.69, 9.17) is 9.47 Å². The first-order valence-electron chi connectivity index (χ1n) is 10.5. The smallest absolute Gasteiger partial charge is 0.253 e. The fourth-order valence-corrected chi connectivity index (χ4v) is 4.82. The van der Waals surface area contributed by atoms with Crippen molar-refractivity contribution in [1.82, 2.24) is 9.80 Å². The van der Waals surface area contributed by atoms with E-state index in [1.165, 1.54) is 5.56 Å². The van der Waals surface area contributed by atoms with Crippen LogP contribution in [0.25, 0.3) is 0 Å². The second kappa shape index (κ2) is 8.21. The van der Waals surface area contributed by atoms with Gasteiger partial charge < -0.3 is 19.3 Å². The van der Waals surface area contributed by atoms with Gasteiger partial charge in [-0.3, -0.25) is 9.59 Å². The van der Waals surface area contributed by atoms with Crippen molar-refractivity contribution < 1.29 is 19.1 Å². The second-order valence-corrected chi connectivity index (χ2v) is 8.20. The van der Waals surface area contributed by atoms with Crippen molar-refractivity contribution in [2.75, 3.05) is 52.6 Å². The van der Waals surface area contributed by atoms with E-state index in [2.05, 4.69) is 6.92 Å². The summed E-state index contributed by atoms with van der Waals surface area (Å²) in [5.74, 6) is 0.0704. The third kappa shape index (κ3) is 3.67. The molecule has 0 saturated carbocycles. The van der Waals surface area contributed by atoms with Crippen LogP contribution in [0.2, 0.25) is 0 Å². The van der Waals surface area contributed by atoms with E-state index in [-0.39, 0.29) is 23.1 Å². The average molecular weight is 386 g/mol. The molecule has 2 amide bonds. The van der Waals surface area contributed by atoms with Crippen LogP contribution in [0.1, 0.15) is 35.7 Å². The normalized spacial score (nSPS) is 24.5. The Kier molecular flexibility index (Phi) is 5.69. The van der Waals surface area contributed by atoms with Crippen LogP contribution in [-0.4, -0.2) is 74.2 Å². The molecular formula is C22H30N2O4. The maximum atomic E-state index is 13.4. The fraction of sp³-hybridized carbons (Fsp3) is 0.636. The maximum absolute atomic E-state index is 13.4. The van der Waals surface area contributed by atoms with E-state index >= 15 is 0 Å². The molecule has 1 atom stereocenters. The van der Waals surface area contributed by atoms with Gasteiger partial charge in [-0.2, -0.15) is 0 Å². The number of likely N-dealkylation sites (tertiary alicyclic amines) is 1. The summed E-state index contributed by atoms with van der Waals surface area (Å²) in [7, 11) is 0. The van der Waals surface area contributed by atoms with Crippen LogP contribution in [0, 0.1) is 11.3 Å². The molecule has 3 aliphatic rings. The molecule has 0 N–H and O–H groups in total. The summed E-state index contributed by atoms with van der Waals surface area (Å²) in [6.45, 7) is 7.08. The molecule has 4 rings (SSSR count). The highest BCUT2D eigenvalue weighted by Gasteiger charge is 2.52. The molecule has 3 heterocycles. The number of amides is 2. The molecule has 28 heavy (non-hydrogen) atoms. The Morgan fingerprint density at radius 3 is 2.29 bits per heavy atom. The van der Waals surface area contributed by atoms with E-state index in [0.717, 1.165) is 19.3 Å². The summed E-state index contributed by atoms with van der Waals surface area (Å²) < 4.78 is 11.0. The predicted molar refractivity (Wildman–Crippen MR) is 105 cm³/mol. The van der Waals surface area contributed by atoms with E-state index in [0.29, 0.717) is 58.2 Å². The highest BCUT2D eigenvalue weighted by atomic mass is 16.5. The number of hydrogen-bond donors (Lipinski definition) is 0. The van der Waals surface area contributed by atoms with Gasteiger partial charge in [0.05, 0.1) is 19.1 Å². The largest absolute Gasteiger partial charge is 0.381 e. The molecule has 6 nitrogen and oxygen atoms in total. The maximum Gasteiger partial charge on any atom is 0.253 e. The first-order valence-corrected chi connectivity index (χ1v) is 10.5. The summed E-state index contributed by atoms with van der Waals surface area (Å²) in [4.78, 5) is 30.3. The molecule has 3 aliphatic heterocycles. The Morgan fingerprint density at radius 2 is 1.64 bits per heavy atom. The monoisotopic (exact) mass is 386 g/mol. The van der Waals surface area contributed by atoms with Gasteiger partial charge in [-0.05, 0) is 37.0 Å². The van der Waals surface area contributed by atoms with Gasteiger partial charge in [-0.15, -0.1) is 0 Å². The predicted octanol–water partition coefficient (Wildman–Crippen LogP) is 1.98. The molecule has 0 unspecified atom stereocenters. The summed E-state index contributed by atoms with van der Waals surface area (Å²) >= 11 is 0. The number of aryl methyl sites for hydroxylation is 1. The number of benzene rings is 1. The molecule has 1 aromatic carbocycles. The van der Waals surface area contributed by atoms with Crippen LogP contribution >= 0.6 is 0 Å². The van der Waals surface area contributed by atoms with Crippen LogP contribution in [-0.2, 0) is 20.7 Å². The zero-order chi connectivity index (χ0) is 19.6. The van der Waals surface area contributed by atoms with Gasteiger partial charge in [0, 0.05) is 50.4 Å². The Hall–Kier alpha value is -1.92. The minimum absolute atomic E-state index is 0.0331. The topological polar surface area (TPSA) is 59.1 Å². The summed E-state index contributed by atoms with van der Waals surface area (Å²) in [5.41, 5.74) is 1.77. The second-order valence-electron chi connectivity index (χ2n) is 8.20. The van der Waals surface area contributed by atoms with Crippen LogP contribution in [0.4, 0.5) is 0 Å². The third-order valence-electron chi connectivity index (χ3n) is 6.65. The van der Waals surface area contributed by atoms with Crippen molar-refractivity contribution in [3.8, 4) is 0 Å². The zero-order valence-corrected chi connectivity index (χ0v) is 16.7. The van der Waals surface area contributed by atoms with E-state index in [1.807, 2.05) is 34.1 Å². The molecule has 3 fully saturated rings. The molecular weight excluding hydrogens is 356 g/mol. The van der Waals surface area contributed by atoms with Gasteiger partial charge in [0.1, 0.15) is 0 Å². The van der Waals surface area contributed by atoms with Crippen LogP contribution in [0.5, 0.6) is 0 Å². The fourth-order valence-electron chi connectivity index (χ4n) is 4.82. The van der Waals surface area contributed by atoms with Crippen LogP contribution in [0.15, 0.2) is 24.3 Å². The average Bonchev–Trinajstić information content (AvgIpc) is 3.12. The highest BCUT2D eigenvalue weighted by molar-refractivity contribution is 5.95. The lowest BCUT2D eigenvalue weighted by Gasteiger charge is -2.39. The van der Waals surface area contributed by atoms with Crippen LogP contribution in [0.3, 0.4) is 0 Å². The Bertz CT molecular complexity index is 706. The van der Waals surface area contributed by atoms with E-state index < -0.39 is 0 Å². The highest BCUT2D eigenvalue weighted by Crippen LogP contribution is 2.45. The molecule has 0 radical (unpaired) electrons. The van der Waals surface area contributed by atoms with Crippen molar-refractivity contribution in [1.29, 1.82) is 0 Å². The molecule has 1 aromatic rings. The van der Waals surface area contributed by atoms with Gasteiger partial charge in [-0.1, -0.05) is 19.1 Å². The zero-order valence-electron chi connectivity index (χ0n) is 16.7. The lowest BCUT2D eigenvalue weighted by atomic mass is 9.71. The Balaban J connectivity index is 1.55. The molecule has 6 heteroatoms. The quantitative estimate of drug-likeness (QED) is 0.797. The van der Waals surface area contributed by atoms with Gasteiger partial charge in [0.15, 0.2) is 0 Å². The summed E-state index contributed by atoms with van der Waals surface area (Å²) in [5, 5.41) is 0. The number of nitrogens with zero attached hydrogens (tertiary/aromatic N) is 2. The minimum atomic E-state index is -0.160. The SMILES string of the molecule is CCc1ccc(C(=O)N2C[C@@H](C(=O)N3CCOCC3)C3(CCOCC3)C2)cc1. The molecule has 1 spiro atoms. The molecule has 0 aliphatic carbocycles. The Labute approximate surface area is 166 Å². The van der Waals surface area contributed by atoms with Crippen molar-refractivity contribution in [2.24, 2.45) is 11.3 Å². The first-order chi connectivity index (χ1) is 13.6. The number of rotatable bonds is 3. The summed E-state index contributed by atoms with van der Waals surface area (Å²) in [6, 6.07) is 7.86. The minimum Gasteiger partial charge on any atom is -0.381 e. The molecule has 152 valence electrons. The van der Waals surface area contributed by atoms with Gasteiger partial charge >= 0.3 is 0 Å². The van der Waals surface area contributed by atoms with Gasteiger partial charge in [0.2, 0.25) is 5.91 Å². The van der Waals surface area contributed by atoms with Crippen molar-refractivity contribution in [3.63, 3.8) is 0 Å². The van der Waals surface area contributed by atoms with Crippen molar-refractivity contribution in [2.45, 2.75) is 26.2 Å². The number of carbonyl (C=O) groups is 2. The lowest BCUT2D eigenvalue weighted by Crippen LogP contribution is -2.49. The molecule has 3 saturated heterocycles. The van der Waals surface area contributed by atoms with Crippen LogP contribution < -0.4 is 0 Å². The van der Waals surface area contributed by atoms with Gasteiger partial charge in [0.25, 0.3) is 5.91 Å². The molecule has 0 aromatic heterocycles. The summed E-state index contributed by atoms with van der Waals surface area (Å²) in [6.07, 6.45) is 2.63. The third-order valence-corrected chi connectivity index (χ3v) is 6.65. The van der Waals surface area contributed by atoms with E-state index in [1.54, 1.807) is 0 Å². The van der Waals surface area contributed by atoms with Crippen molar-refractivity contribution >= 4 is 11.8 Å². The number of morpholine rings is 1. The van der Waals surface area contributed by atoms with Crippen molar-refractivity contribution in [3.05, 3.63) is 35.4 Å². The molecule has 0 bridgehead atoms.